The highest BCUT2D eigenvalue weighted by Crippen LogP contribution is 2.23. The fourth-order valence-electron chi connectivity index (χ4n) is 2.43. The molecule has 0 atom stereocenters. The van der Waals surface area contributed by atoms with Crippen molar-refractivity contribution in [3.8, 4) is 0 Å². The summed E-state index contributed by atoms with van der Waals surface area (Å²) in [6.45, 7) is 6.24. The molecule has 1 aliphatic heterocycles. The second-order valence-corrected chi connectivity index (χ2v) is 5.14. The minimum atomic E-state index is -0.348. The number of nitrogens with zero attached hydrogens (tertiary/aromatic N) is 2. The standard InChI is InChI=1S/C15H23N3O2/c1-3-20-15(19)13-11-12(5-6-14(13)16)18-8-4-7-17(2)9-10-18/h5-6,11H,3-4,7-10,16H2,1-2H3. The lowest BCUT2D eigenvalue weighted by molar-refractivity contribution is 0.0527. The number of ether oxygens (including phenoxy) is 1. The number of benzene rings is 1. The summed E-state index contributed by atoms with van der Waals surface area (Å²) in [4.78, 5) is 16.5. The van der Waals surface area contributed by atoms with Crippen LogP contribution in [0.5, 0.6) is 0 Å². The molecule has 2 rings (SSSR count). The Labute approximate surface area is 120 Å². The van der Waals surface area contributed by atoms with Crippen LogP contribution >= 0.6 is 0 Å². The van der Waals surface area contributed by atoms with Crippen molar-refractivity contribution in [3.63, 3.8) is 0 Å². The molecule has 0 aliphatic carbocycles. The summed E-state index contributed by atoms with van der Waals surface area (Å²) in [7, 11) is 2.14. The summed E-state index contributed by atoms with van der Waals surface area (Å²) in [5.41, 5.74) is 7.85. The molecule has 1 heterocycles. The summed E-state index contributed by atoms with van der Waals surface area (Å²) < 4.78 is 5.05. The maximum atomic E-state index is 11.9. The molecule has 1 fully saturated rings. The minimum absolute atomic E-state index is 0.348. The Bertz CT molecular complexity index is 476. The topological polar surface area (TPSA) is 58.8 Å². The predicted molar refractivity (Wildman–Crippen MR) is 81.1 cm³/mol. The molecule has 0 amide bonds. The number of carbonyl (C=O) groups is 1. The molecular formula is C15H23N3O2. The van der Waals surface area contributed by atoms with Crippen LogP contribution in [0.15, 0.2) is 18.2 Å². The monoisotopic (exact) mass is 277 g/mol. The summed E-state index contributed by atoms with van der Waals surface area (Å²) in [5.74, 6) is -0.348. The smallest absolute Gasteiger partial charge is 0.340 e. The average Bonchev–Trinajstić information content (AvgIpc) is 2.64. The van der Waals surface area contributed by atoms with Crippen LogP contribution in [-0.4, -0.2) is 50.7 Å². The van der Waals surface area contributed by atoms with Gasteiger partial charge in [-0.05, 0) is 45.1 Å². The van der Waals surface area contributed by atoms with E-state index in [1.807, 2.05) is 12.1 Å². The van der Waals surface area contributed by atoms with Crippen LogP contribution in [0.4, 0.5) is 11.4 Å². The number of hydrogen-bond acceptors (Lipinski definition) is 5. The molecule has 0 radical (unpaired) electrons. The predicted octanol–water partition coefficient (Wildman–Crippen LogP) is 1.59. The summed E-state index contributed by atoms with van der Waals surface area (Å²) in [6.07, 6.45) is 1.12. The van der Waals surface area contributed by atoms with Gasteiger partial charge in [0.25, 0.3) is 0 Å². The van der Waals surface area contributed by atoms with Crippen molar-refractivity contribution in [1.29, 1.82) is 0 Å². The summed E-state index contributed by atoms with van der Waals surface area (Å²) in [5, 5.41) is 0. The lowest BCUT2D eigenvalue weighted by Crippen LogP contribution is -2.28. The number of anilines is 2. The van der Waals surface area contributed by atoms with Gasteiger partial charge in [-0.25, -0.2) is 4.79 Å². The Morgan fingerprint density at radius 3 is 2.85 bits per heavy atom. The lowest BCUT2D eigenvalue weighted by atomic mass is 10.1. The highest BCUT2D eigenvalue weighted by Gasteiger charge is 2.16. The van der Waals surface area contributed by atoms with E-state index in [1.165, 1.54) is 0 Å². The Morgan fingerprint density at radius 1 is 1.30 bits per heavy atom. The van der Waals surface area contributed by atoms with Crippen molar-refractivity contribution in [1.82, 2.24) is 4.90 Å². The van der Waals surface area contributed by atoms with Gasteiger partial charge in [-0.1, -0.05) is 0 Å². The van der Waals surface area contributed by atoms with Gasteiger partial charge >= 0.3 is 5.97 Å². The Kier molecular flexibility index (Phi) is 4.84. The van der Waals surface area contributed by atoms with Crippen molar-refractivity contribution >= 4 is 17.3 Å². The van der Waals surface area contributed by atoms with E-state index in [0.29, 0.717) is 17.9 Å². The Balaban J connectivity index is 2.20. The number of esters is 1. The number of carbonyl (C=O) groups excluding carboxylic acids is 1. The Morgan fingerprint density at radius 2 is 2.10 bits per heavy atom. The van der Waals surface area contributed by atoms with E-state index in [2.05, 4.69) is 16.8 Å². The second-order valence-electron chi connectivity index (χ2n) is 5.14. The molecule has 0 spiro atoms. The summed E-state index contributed by atoms with van der Waals surface area (Å²) >= 11 is 0. The number of nitrogens with two attached hydrogens (primary N) is 1. The van der Waals surface area contributed by atoms with Crippen LogP contribution in [0, 0.1) is 0 Å². The number of rotatable bonds is 3. The van der Waals surface area contributed by atoms with E-state index in [0.717, 1.165) is 38.3 Å². The molecule has 1 aliphatic rings. The van der Waals surface area contributed by atoms with Gasteiger partial charge in [0.05, 0.1) is 12.2 Å². The number of hydrogen-bond donors (Lipinski definition) is 1. The third kappa shape index (κ3) is 3.42. The Hall–Kier alpha value is -1.75. The van der Waals surface area contributed by atoms with Gasteiger partial charge in [0.2, 0.25) is 0 Å². The fraction of sp³-hybridized carbons (Fsp3) is 0.533. The van der Waals surface area contributed by atoms with Gasteiger partial charge in [-0.2, -0.15) is 0 Å². The number of nitrogen functional groups attached to an aromatic ring is 1. The van der Waals surface area contributed by atoms with E-state index in [-0.39, 0.29) is 5.97 Å². The zero-order chi connectivity index (χ0) is 14.5. The molecule has 2 N–H and O–H groups in total. The van der Waals surface area contributed by atoms with Crippen LogP contribution in [0.25, 0.3) is 0 Å². The van der Waals surface area contributed by atoms with Gasteiger partial charge in [0.15, 0.2) is 0 Å². The van der Waals surface area contributed by atoms with Crippen LogP contribution in [0.3, 0.4) is 0 Å². The minimum Gasteiger partial charge on any atom is -0.462 e. The van der Waals surface area contributed by atoms with Crippen molar-refractivity contribution < 1.29 is 9.53 Å². The third-order valence-corrected chi connectivity index (χ3v) is 3.62. The number of likely N-dealkylation sites (N-methyl/N-ethyl adjacent to an activating group) is 1. The second kappa shape index (κ2) is 6.61. The zero-order valence-electron chi connectivity index (χ0n) is 12.3. The molecule has 0 saturated carbocycles. The largest absolute Gasteiger partial charge is 0.462 e. The van der Waals surface area contributed by atoms with E-state index in [9.17, 15) is 4.79 Å². The molecule has 5 heteroatoms. The molecule has 5 nitrogen and oxygen atoms in total. The normalized spacial score (nSPS) is 16.8. The van der Waals surface area contributed by atoms with Crippen LogP contribution in [0.2, 0.25) is 0 Å². The van der Waals surface area contributed by atoms with E-state index in [1.54, 1.807) is 13.0 Å². The van der Waals surface area contributed by atoms with Crippen molar-refractivity contribution in [2.45, 2.75) is 13.3 Å². The summed E-state index contributed by atoms with van der Waals surface area (Å²) in [6, 6.07) is 5.61. The van der Waals surface area contributed by atoms with Gasteiger partial charge in [-0.3, -0.25) is 0 Å². The molecule has 0 unspecified atom stereocenters. The molecule has 1 saturated heterocycles. The SMILES string of the molecule is CCOC(=O)c1cc(N2CCCN(C)CC2)ccc1N. The van der Waals surface area contributed by atoms with E-state index in [4.69, 9.17) is 10.5 Å². The van der Waals surface area contributed by atoms with Crippen LogP contribution in [0.1, 0.15) is 23.7 Å². The molecule has 1 aromatic rings. The highest BCUT2D eigenvalue weighted by atomic mass is 16.5. The molecular weight excluding hydrogens is 254 g/mol. The molecule has 1 aromatic carbocycles. The first-order chi connectivity index (χ1) is 9.61. The lowest BCUT2D eigenvalue weighted by Gasteiger charge is -2.23. The zero-order valence-corrected chi connectivity index (χ0v) is 12.3. The molecule has 110 valence electrons. The molecule has 0 bridgehead atoms. The van der Waals surface area contributed by atoms with Crippen molar-refractivity contribution in [3.05, 3.63) is 23.8 Å². The highest BCUT2D eigenvalue weighted by molar-refractivity contribution is 5.96. The quantitative estimate of drug-likeness (QED) is 0.671. The van der Waals surface area contributed by atoms with E-state index < -0.39 is 0 Å². The van der Waals surface area contributed by atoms with Gasteiger partial charge < -0.3 is 20.3 Å². The van der Waals surface area contributed by atoms with Crippen molar-refractivity contribution in [2.24, 2.45) is 0 Å². The van der Waals surface area contributed by atoms with Crippen LogP contribution < -0.4 is 10.6 Å². The first kappa shape index (κ1) is 14.7. The average molecular weight is 277 g/mol. The molecule has 0 aromatic heterocycles. The third-order valence-electron chi connectivity index (χ3n) is 3.62. The van der Waals surface area contributed by atoms with Crippen molar-refractivity contribution in [2.75, 3.05) is 50.5 Å². The first-order valence-electron chi connectivity index (χ1n) is 7.12. The first-order valence-corrected chi connectivity index (χ1v) is 7.12. The maximum Gasteiger partial charge on any atom is 0.340 e. The van der Waals surface area contributed by atoms with Gasteiger partial charge in [0, 0.05) is 31.0 Å². The fourth-order valence-corrected chi connectivity index (χ4v) is 2.43. The van der Waals surface area contributed by atoms with Gasteiger partial charge in [0.1, 0.15) is 0 Å². The molecule has 20 heavy (non-hydrogen) atoms. The van der Waals surface area contributed by atoms with Crippen LogP contribution in [-0.2, 0) is 4.74 Å². The maximum absolute atomic E-state index is 11.9. The van der Waals surface area contributed by atoms with E-state index >= 15 is 0 Å². The van der Waals surface area contributed by atoms with Gasteiger partial charge in [-0.15, -0.1) is 0 Å².